The normalized spacial score (nSPS) is 15.6. The molecular weight excluding hydrogens is 466 g/mol. The second-order valence-corrected chi connectivity index (χ2v) is 8.28. The number of nitrogens with two attached hydrogens (primary N) is 1. The molecule has 0 spiro atoms. The first-order valence-electron chi connectivity index (χ1n) is 11.3. The number of amides is 1. The Morgan fingerprint density at radius 1 is 1.19 bits per heavy atom. The second-order valence-electron chi connectivity index (χ2n) is 8.28. The van der Waals surface area contributed by atoms with Crippen molar-refractivity contribution in [2.45, 2.75) is 37.8 Å². The van der Waals surface area contributed by atoms with Crippen LogP contribution in [0.4, 0.5) is 0 Å². The second kappa shape index (κ2) is 10.8. The number of para-hydroxylation sites is 2. The van der Waals surface area contributed by atoms with E-state index in [1.165, 1.54) is 7.11 Å². The molecule has 2 aromatic carbocycles. The molecule has 0 saturated heterocycles. The van der Waals surface area contributed by atoms with Crippen molar-refractivity contribution < 1.29 is 28.4 Å². The third kappa shape index (κ3) is 5.74. The van der Waals surface area contributed by atoms with Gasteiger partial charge in [-0.25, -0.2) is 9.78 Å². The highest BCUT2D eigenvalue weighted by molar-refractivity contribution is 6.03. The molecule has 1 unspecified atom stereocenters. The van der Waals surface area contributed by atoms with E-state index < -0.39 is 24.0 Å². The van der Waals surface area contributed by atoms with Gasteiger partial charge < -0.3 is 25.0 Å². The first-order valence-corrected chi connectivity index (χ1v) is 11.3. The molecule has 4 N–H and O–H groups in total. The minimum absolute atomic E-state index is 0.0232. The number of esters is 1. The van der Waals surface area contributed by atoms with Crippen molar-refractivity contribution >= 4 is 40.3 Å². The predicted octanol–water partition coefficient (Wildman–Crippen LogP) is 2.32. The number of oxazole rings is 1. The lowest BCUT2D eigenvalue weighted by Crippen LogP contribution is -2.42. The Bertz CT molecular complexity index is 1300. The van der Waals surface area contributed by atoms with Crippen LogP contribution in [0.25, 0.3) is 11.1 Å². The lowest BCUT2D eigenvalue weighted by atomic mass is 9.99. The van der Waals surface area contributed by atoms with Crippen LogP contribution in [-0.2, 0) is 19.2 Å². The van der Waals surface area contributed by atoms with Gasteiger partial charge in [0.1, 0.15) is 29.3 Å². The Labute approximate surface area is 206 Å². The summed E-state index contributed by atoms with van der Waals surface area (Å²) in [7, 11) is 1.21. The molecule has 2 atom stereocenters. The van der Waals surface area contributed by atoms with E-state index in [0.29, 0.717) is 28.8 Å². The molecule has 0 fully saturated rings. The molecule has 11 heteroatoms. The fourth-order valence-electron chi connectivity index (χ4n) is 3.79. The summed E-state index contributed by atoms with van der Waals surface area (Å²) in [5, 5.41) is 14.1. The number of aromatic nitrogens is 1. The van der Waals surface area contributed by atoms with Crippen molar-refractivity contribution in [2.24, 2.45) is 10.9 Å². The number of hydrogen-bond acceptors (Lipinski definition) is 9. The minimum atomic E-state index is -1.04. The Morgan fingerprint density at radius 2 is 1.94 bits per heavy atom. The van der Waals surface area contributed by atoms with Crippen LogP contribution in [0, 0.1) is 5.41 Å². The quantitative estimate of drug-likeness (QED) is 0.220. The fraction of sp³-hybridized carbons (Fsp3) is 0.280. The van der Waals surface area contributed by atoms with E-state index >= 15 is 0 Å². The minimum Gasteiger partial charge on any atom is -0.467 e. The van der Waals surface area contributed by atoms with Gasteiger partial charge in [-0.3, -0.25) is 15.0 Å². The molecule has 0 radical (unpaired) electrons. The van der Waals surface area contributed by atoms with E-state index in [9.17, 15) is 14.4 Å². The van der Waals surface area contributed by atoms with Gasteiger partial charge in [0.15, 0.2) is 5.58 Å². The zero-order chi connectivity index (χ0) is 25.7. The van der Waals surface area contributed by atoms with Gasteiger partial charge >= 0.3 is 11.9 Å². The maximum absolute atomic E-state index is 12.6. The number of hydrogen-bond donors (Lipinski definition) is 3. The summed E-state index contributed by atoms with van der Waals surface area (Å²) >= 11 is 0. The molecule has 11 nitrogen and oxygen atoms in total. The van der Waals surface area contributed by atoms with Gasteiger partial charge in [0.25, 0.3) is 5.89 Å². The lowest BCUT2D eigenvalue weighted by Gasteiger charge is -2.15. The largest absolute Gasteiger partial charge is 0.467 e. The number of amidine groups is 1. The molecular formula is C25H25N5O6. The Hall–Kier alpha value is -4.54. The Balaban J connectivity index is 1.29. The van der Waals surface area contributed by atoms with E-state index in [4.69, 9.17) is 25.1 Å². The Kier molecular flexibility index (Phi) is 7.38. The van der Waals surface area contributed by atoms with Crippen molar-refractivity contribution in [3.8, 4) is 0 Å². The van der Waals surface area contributed by atoms with E-state index in [-0.39, 0.29) is 36.8 Å². The van der Waals surface area contributed by atoms with Crippen molar-refractivity contribution in [2.75, 3.05) is 7.11 Å². The number of nitrogens with one attached hydrogen (secondary N) is 2. The number of nitrogens with zero attached hydrogens (tertiary/aromatic N) is 2. The average molecular weight is 492 g/mol. The zero-order valence-electron chi connectivity index (χ0n) is 19.5. The summed E-state index contributed by atoms with van der Waals surface area (Å²) in [6.07, 6.45) is 0.192. The smallest absolute Gasteiger partial charge is 0.328 e. The summed E-state index contributed by atoms with van der Waals surface area (Å²) in [6, 6.07) is 12.9. The third-order valence-electron chi connectivity index (χ3n) is 5.71. The molecule has 0 bridgehead atoms. The number of benzene rings is 2. The number of rotatable bonds is 10. The molecule has 1 aliphatic heterocycles. The molecule has 2 heterocycles. The van der Waals surface area contributed by atoms with E-state index in [0.717, 1.165) is 5.56 Å². The zero-order valence-corrected chi connectivity index (χ0v) is 19.5. The number of fused-ring (bicyclic) bond motifs is 1. The molecule has 186 valence electrons. The molecule has 36 heavy (non-hydrogen) atoms. The number of oxime groups is 1. The first kappa shape index (κ1) is 24.6. The van der Waals surface area contributed by atoms with E-state index in [1.807, 2.05) is 0 Å². The number of ether oxygens (including phenoxy) is 1. The van der Waals surface area contributed by atoms with E-state index in [2.05, 4.69) is 15.5 Å². The molecule has 0 saturated carbocycles. The molecule has 3 aromatic rings. The topological polar surface area (TPSA) is 170 Å². The van der Waals surface area contributed by atoms with Gasteiger partial charge in [-0.05, 0) is 24.1 Å². The van der Waals surface area contributed by atoms with Gasteiger partial charge in [0.05, 0.1) is 12.8 Å². The van der Waals surface area contributed by atoms with Crippen LogP contribution in [0.3, 0.4) is 0 Å². The Morgan fingerprint density at radius 3 is 2.64 bits per heavy atom. The van der Waals surface area contributed by atoms with Crippen LogP contribution in [-0.4, -0.2) is 53.4 Å². The van der Waals surface area contributed by atoms with Crippen LogP contribution >= 0.6 is 0 Å². The van der Waals surface area contributed by atoms with Crippen molar-refractivity contribution in [3.05, 3.63) is 65.5 Å². The highest BCUT2D eigenvalue weighted by Crippen LogP contribution is 2.21. The fourth-order valence-corrected chi connectivity index (χ4v) is 3.79. The number of Topliss-reactive ketones (excluding diaryl/α,β-unsaturated/α-hetero) is 1. The number of nitrogen functional groups attached to an aromatic ring is 1. The number of carbonyl (C=O) groups is 3. The summed E-state index contributed by atoms with van der Waals surface area (Å²) in [5.41, 5.74) is 8.56. The predicted molar refractivity (Wildman–Crippen MR) is 130 cm³/mol. The van der Waals surface area contributed by atoms with Crippen LogP contribution in [0.2, 0.25) is 0 Å². The highest BCUT2D eigenvalue weighted by atomic mass is 16.6. The third-order valence-corrected chi connectivity index (χ3v) is 5.71. The van der Waals surface area contributed by atoms with Gasteiger partial charge in [0.2, 0.25) is 0 Å². The molecule has 1 amide bonds. The van der Waals surface area contributed by atoms with Gasteiger partial charge in [-0.15, -0.1) is 0 Å². The standard InChI is InChI=1S/C25H25N5O6/c1-34-25(33)19(28-23(32)24-29-18-4-2-3-5-21(18)35-24)11-10-16(31)12-17-13-20(30-36-17)14-6-8-15(9-7-14)22(26)27/h2-9,17,19H,10-13H2,1H3,(H3,26,27)(H,28,32)/t17?,19-/m0/s1. The summed E-state index contributed by atoms with van der Waals surface area (Å²) in [5.74, 6) is -1.71. The van der Waals surface area contributed by atoms with Crippen molar-refractivity contribution in [1.82, 2.24) is 10.3 Å². The maximum Gasteiger partial charge on any atom is 0.328 e. The molecule has 0 aliphatic carbocycles. The molecule has 1 aliphatic rings. The lowest BCUT2D eigenvalue weighted by molar-refractivity contribution is -0.143. The molecule has 1 aromatic heterocycles. The van der Waals surface area contributed by atoms with Gasteiger partial charge in [-0.1, -0.05) is 41.6 Å². The van der Waals surface area contributed by atoms with E-state index in [1.54, 1.807) is 48.5 Å². The maximum atomic E-state index is 12.6. The van der Waals surface area contributed by atoms with Crippen molar-refractivity contribution in [1.29, 1.82) is 5.41 Å². The number of carbonyl (C=O) groups excluding carboxylic acids is 3. The summed E-state index contributed by atoms with van der Waals surface area (Å²) in [6.45, 7) is 0. The van der Waals surface area contributed by atoms with Gasteiger partial charge in [0, 0.05) is 24.8 Å². The van der Waals surface area contributed by atoms with Crippen molar-refractivity contribution in [3.63, 3.8) is 0 Å². The van der Waals surface area contributed by atoms with Crippen LogP contribution in [0.5, 0.6) is 0 Å². The van der Waals surface area contributed by atoms with Crippen LogP contribution < -0.4 is 11.1 Å². The number of ketones is 1. The van der Waals surface area contributed by atoms with Crippen LogP contribution in [0.1, 0.15) is 47.5 Å². The number of methoxy groups -OCH3 is 1. The monoisotopic (exact) mass is 491 g/mol. The average Bonchev–Trinajstić information content (AvgIpc) is 3.53. The SMILES string of the molecule is COC(=O)[C@H](CCC(=O)CC1CC(c2ccc(C(=N)N)cc2)=NO1)NC(=O)c1nc2ccccc2o1. The van der Waals surface area contributed by atoms with Crippen LogP contribution in [0.15, 0.2) is 58.1 Å². The summed E-state index contributed by atoms with van der Waals surface area (Å²) in [4.78, 5) is 46.9. The molecule has 4 rings (SSSR count). The summed E-state index contributed by atoms with van der Waals surface area (Å²) < 4.78 is 10.2. The van der Waals surface area contributed by atoms with Gasteiger partial charge in [-0.2, -0.15) is 0 Å². The highest BCUT2D eigenvalue weighted by Gasteiger charge is 2.28. The first-order chi connectivity index (χ1) is 17.3.